The Balaban J connectivity index is 1.82. The lowest BCUT2D eigenvalue weighted by Crippen LogP contribution is -2.05. The van der Waals surface area contributed by atoms with Crippen LogP contribution in [0.3, 0.4) is 0 Å². The third-order valence-corrected chi connectivity index (χ3v) is 7.37. The molecule has 0 aromatic carbocycles. The van der Waals surface area contributed by atoms with Crippen molar-refractivity contribution in [3.63, 3.8) is 0 Å². The summed E-state index contributed by atoms with van der Waals surface area (Å²) in [4.78, 5) is 0. The first-order chi connectivity index (χ1) is 6.79. The first kappa shape index (κ1) is 13.2. The van der Waals surface area contributed by atoms with E-state index in [-0.39, 0.29) is 0 Å². The SMILES string of the molecule is C=C(C)CSCCSCC1CSCS1. The molecule has 1 rings (SSSR count). The van der Waals surface area contributed by atoms with Crippen LogP contribution >= 0.6 is 47.0 Å². The normalized spacial score (nSPS) is 21.4. The summed E-state index contributed by atoms with van der Waals surface area (Å²) in [6.45, 7) is 6.01. The molecule has 0 radical (unpaired) electrons. The molecule has 0 nitrogen and oxygen atoms in total. The zero-order chi connectivity index (χ0) is 10.2. The van der Waals surface area contributed by atoms with Gasteiger partial charge in [0.15, 0.2) is 0 Å². The van der Waals surface area contributed by atoms with Gasteiger partial charge in [0.2, 0.25) is 0 Å². The molecule has 4 heteroatoms. The van der Waals surface area contributed by atoms with Crippen LogP contribution in [-0.2, 0) is 0 Å². The highest BCUT2D eigenvalue weighted by molar-refractivity contribution is 8.19. The Morgan fingerprint density at radius 1 is 1.43 bits per heavy atom. The van der Waals surface area contributed by atoms with E-state index >= 15 is 0 Å². The van der Waals surface area contributed by atoms with Crippen molar-refractivity contribution in [1.82, 2.24) is 0 Å². The lowest BCUT2D eigenvalue weighted by atomic mass is 10.4. The molecule has 0 N–H and O–H groups in total. The lowest BCUT2D eigenvalue weighted by molar-refractivity contribution is 1.16. The van der Waals surface area contributed by atoms with Gasteiger partial charge in [0.25, 0.3) is 0 Å². The average molecular weight is 267 g/mol. The molecular formula is C10H18S4. The molecule has 1 saturated heterocycles. The lowest BCUT2D eigenvalue weighted by Gasteiger charge is -2.06. The van der Waals surface area contributed by atoms with Crippen LogP contribution in [0.15, 0.2) is 12.2 Å². The molecular weight excluding hydrogens is 248 g/mol. The fourth-order valence-electron chi connectivity index (χ4n) is 1.05. The summed E-state index contributed by atoms with van der Waals surface area (Å²) in [5, 5.41) is 2.24. The minimum Gasteiger partial charge on any atom is -0.160 e. The van der Waals surface area contributed by atoms with Crippen molar-refractivity contribution in [3.8, 4) is 0 Å². The molecule has 1 aliphatic rings. The average Bonchev–Trinajstić information content (AvgIpc) is 2.63. The number of thioether (sulfide) groups is 4. The van der Waals surface area contributed by atoms with Gasteiger partial charge in [-0.1, -0.05) is 12.2 Å². The van der Waals surface area contributed by atoms with E-state index in [1.54, 1.807) is 0 Å². The molecule has 1 fully saturated rings. The molecule has 1 unspecified atom stereocenters. The maximum absolute atomic E-state index is 3.90. The number of hydrogen-bond donors (Lipinski definition) is 0. The van der Waals surface area contributed by atoms with Crippen molar-refractivity contribution in [2.24, 2.45) is 0 Å². The van der Waals surface area contributed by atoms with Crippen LogP contribution in [0.2, 0.25) is 0 Å². The second-order valence-electron chi connectivity index (χ2n) is 3.36. The quantitative estimate of drug-likeness (QED) is 0.507. The van der Waals surface area contributed by atoms with Gasteiger partial charge in [-0.3, -0.25) is 0 Å². The molecule has 0 aromatic heterocycles. The van der Waals surface area contributed by atoms with E-state index in [1.807, 2.05) is 11.8 Å². The van der Waals surface area contributed by atoms with Gasteiger partial charge in [-0.25, -0.2) is 0 Å². The Kier molecular flexibility index (Phi) is 7.84. The van der Waals surface area contributed by atoms with E-state index in [4.69, 9.17) is 0 Å². The molecule has 14 heavy (non-hydrogen) atoms. The predicted octanol–water partition coefficient (Wildman–Crippen LogP) is 3.84. The molecule has 1 atom stereocenters. The van der Waals surface area contributed by atoms with Crippen molar-refractivity contribution >= 4 is 47.0 Å². The van der Waals surface area contributed by atoms with Gasteiger partial charge in [0.1, 0.15) is 0 Å². The van der Waals surface area contributed by atoms with E-state index in [2.05, 4.69) is 48.8 Å². The highest BCUT2D eigenvalue weighted by Crippen LogP contribution is 2.31. The zero-order valence-corrected chi connectivity index (χ0v) is 11.9. The largest absolute Gasteiger partial charge is 0.160 e. The van der Waals surface area contributed by atoms with E-state index in [0.717, 1.165) is 11.0 Å². The summed E-state index contributed by atoms with van der Waals surface area (Å²) in [6, 6.07) is 0. The second-order valence-corrected chi connectivity index (χ2v) is 8.30. The zero-order valence-electron chi connectivity index (χ0n) is 8.66. The van der Waals surface area contributed by atoms with E-state index in [1.165, 1.54) is 33.7 Å². The highest BCUT2D eigenvalue weighted by Gasteiger charge is 2.15. The van der Waals surface area contributed by atoms with Crippen LogP contribution in [-0.4, -0.2) is 39.1 Å². The minimum atomic E-state index is 0.927. The van der Waals surface area contributed by atoms with E-state index < -0.39 is 0 Å². The van der Waals surface area contributed by atoms with Gasteiger partial charge in [-0.15, -0.1) is 23.5 Å². The van der Waals surface area contributed by atoms with Crippen LogP contribution in [0.25, 0.3) is 0 Å². The van der Waals surface area contributed by atoms with Crippen molar-refractivity contribution in [2.45, 2.75) is 12.2 Å². The number of hydrogen-bond acceptors (Lipinski definition) is 4. The van der Waals surface area contributed by atoms with Crippen LogP contribution in [0.4, 0.5) is 0 Å². The maximum atomic E-state index is 3.90. The van der Waals surface area contributed by atoms with Gasteiger partial charge in [-0.05, 0) is 6.92 Å². The fraction of sp³-hybridized carbons (Fsp3) is 0.800. The predicted molar refractivity (Wildman–Crippen MR) is 78.2 cm³/mol. The molecule has 0 saturated carbocycles. The standard InChI is InChI=1S/C10H18S4/c1-9(2)5-11-3-4-12-6-10-7-13-8-14-10/h10H,1,3-8H2,2H3. The van der Waals surface area contributed by atoms with Crippen LogP contribution in [0.1, 0.15) is 6.92 Å². The summed E-state index contributed by atoms with van der Waals surface area (Å²) in [5.74, 6) is 6.44. The van der Waals surface area contributed by atoms with Crippen LogP contribution < -0.4 is 0 Å². The van der Waals surface area contributed by atoms with Crippen molar-refractivity contribution in [2.75, 3.05) is 33.8 Å². The topological polar surface area (TPSA) is 0 Å². The van der Waals surface area contributed by atoms with Crippen molar-refractivity contribution in [1.29, 1.82) is 0 Å². The fourth-order valence-corrected chi connectivity index (χ4v) is 6.45. The van der Waals surface area contributed by atoms with Gasteiger partial charge in [-0.2, -0.15) is 23.5 Å². The molecule has 1 heterocycles. The number of rotatable bonds is 7. The maximum Gasteiger partial charge on any atom is 0.0395 e. The molecule has 1 aliphatic heterocycles. The highest BCUT2D eigenvalue weighted by atomic mass is 32.2. The minimum absolute atomic E-state index is 0.927. The summed E-state index contributed by atoms with van der Waals surface area (Å²) in [6.07, 6.45) is 0. The van der Waals surface area contributed by atoms with Crippen LogP contribution in [0.5, 0.6) is 0 Å². The summed E-state index contributed by atoms with van der Waals surface area (Å²) in [5.41, 5.74) is 1.29. The smallest absolute Gasteiger partial charge is 0.0395 e. The van der Waals surface area contributed by atoms with Gasteiger partial charge < -0.3 is 0 Å². The Labute approximate surface area is 105 Å². The Morgan fingerprint density at radius 3 is 2.86 bits per heavy atom. The Bertz CT molecular complexity index is 164. The van der Waals surface area contributed by atoms with Crippen molar-refractivity contribution in [3.05, 3.63) is 12.2 Å². The monoisotopic (exact) mass is 266 g/mol. The summed E-state index contributed by atoms with van der Waals surface area (Å²) >= 11 is 8.35. The molecule has 0 aromatic rings. The molecule has 0 bridgehead atoms. The van der Waals surface area contributed by atoms with Gasteiger partial charge in [0, 0.05) is 39.1 Å². The van der Waals surface area contributed by atoms with Crippen LogP contribution in [0, 0.1) is 0 Å². The third-order valence-electron chi connectivity index (χ3n) is 1.72. The first-order valence-corrected chi connectivity index (χ1v) is 9.29. The first-order valence-electron chi connectivity index (χ1n) is 4.78. The second kappa shape index (κ2) is 8.31. The Morgan fingerprint density at radius 2 is 2.21 bits per heavy atom. The van der Waals surface area contributed by atoms with Gasteiger partial charge >= 0.3 is 0 Å². The summed E-state index contributed by atoms with van der Waals surface area (Å²) in [7, 11) is 0. The summed E-state index contributed by atoms with van der Waals surface area (Å²) < 4.78 is 0. The van der Waals surface area contributed by atoms with E-state index in [0.29, 0.717) is 0 Å². The van der Waals surface area contributed by atoms with Crippen molar-refractivity contribution < 1.29 is 0 Å². The van der Waals surface area contributed by atoms with E-state index in [9.17, 15) is 0 Å². The molecule has 82 valence electrons. The van der Waals surface area contributed by atoms with Gasteiger partial charge in [0.05, 0.1) is 0 Å². The molecule has 0 spiro atoms. The Hall–Kier alpha value is 1.14. The molecule has 0 aliphatic carbocycles. The third kappa shape index (κ3) is 6.59. The molecule has 0 amide bonds.